The van der Waals surface area contributed by atoms with Crippen molar-refractivity contribution in [3.8, 4) is 0 Å². The van der Waals surface area contributed by atoms with E-state index in [4.69, 9.17) is 15.9 Å². The van der Waals surface area contributed by atoms with E-state index >= 15 is 0 Å². The molecule has 0 bridgehead atoms. The lowest BCUT2D eigenvalue weighted by molar-refractivity contribution is -0.134. The summed E-state index contributed by atoms with van der Waals surface area (Å²) in [6.45, 7) is 2.01. The van der Waals surface area contributed by atoms with Crippen molar-refractivity contribution in [3.05, 3.63) is 77.4 Å². The molecule has 4 N–H and O–H groups in total. The first-order chi connectivity index (χ1) is 12.4. The molecule has 0 amide bonds. The van der Waals surface area contributed by atoms with Crippen LogP contribution in [0, 0.1) is 0 Å². The van der Waals surface area contributed by atoms with Gasteiger partial charge in [-0.2, -0.15) is 0 Å². The number of fused-ring (bicyclic) bond motifs is 1. The zero-order valence-corrected chi connectivity index (χ0v) is 14.5. The third-order valence-electron chi connectivity index (χ3n) is 4.12. The van der Waals surface area contributed by atoms with Gasteiger partial charge in [-0.15, -0.1) is 0 Å². The number of hydrogen-bond donors (Lipinski definition) is 3. The minimum atomic E-state index is -1.26. The van der Waals surface area contributed by atoms with Crippen molar-refractivity contribution >= 4 is 17.6 Å². The van der Waals surface area contributed by atoms with Crippen molar-refractivity contribution in [1.82, 2.24) is 4.90 Å². The van der Waals surface area contributed by atoms with Gasteiger partial charge in [-0.05, 0) is 29.8 Å². The number of benzene rings is 2. The van der Waals surface area contributed by atoms with Crippen LogP contribution >= 0.6 is 0 Å². The van der Waals surface area contributed by atoms with Crippen LogP contribution in [0.25, 0.3) is 0 Å². The average Bonchev–Trinajstić information content (AvgIpc) is 2.61. The Morgan fingerprint density at radius 2 is 1.65 bits per heavy atom. The van der Waals surface area contributed by atoms with Crippen LogP contribution in [0.4, 0.5) is 5.69 Å². The Hall–Kier alpha value is -3.12. The van der Waals surface area contributed by atoms with Crippen LogP contribution in [0.5, 0.6) is 0 Å². The second-order valence-electron chi connectivity index (χ2n) is 6.08. The van der Waals surface area contributed by atoms with Gasteiger partial charge in [-0.3, -0.25) is 0 Å². The topological polar surface area (TPSA) is 104 Å². The molecule has 26 heavy (non-hydrogen) atoms. The van der Waals surface area contributed by atoms with Crippen LogP contribution in [0.15, 0.2) is 60.7 Å². The summed E-state index contributed by atoms with van der Waals surface area (Å²) in [7, 11) is 2.16. The van der Waals surface area contributed by atoms with E-state index in [2.05, 4.69) is 54.4 Å². The Balaban J connectivity index is 0.000000260. The first-order valence-electron chi connectivity index (χ1n) is 8.13. The molecule has 6 nitrogen and oxygen atoms in total. The summed E-state index contributed by atoms with van der Waals surface area (Å²) in [4.78, 5) is 21.5. The number of likely N-dealkylation sites (N-methyl/N-ethyl adjacent to an activating group) is 1. The van der Waals surface area contributed by atoms with Crippen LogP contribution in [0.2, 0.25) is 0 Å². The second-order valence-corrected chi connectivity index (χ2v) is 6.08. The third-order valence-corrected chi connectivity index (χ3v) is 4.12. The molecule has 0 spiro atoms. The van der Waals surface area contributed by atoms with Crippen molar-refractivity contribution in [3.63, 3.8) is 0 Å². The van der Waals surface area contributed by atoms with E-state index in [9.17, 15) is 9.59 Å². The van der Waals surface area contributed by atoms with Gasteiger partial charge in [0.1, 0.15) is 0 Å². The number of carboxylic acid groups (broad SMARTS) is 2. The highest BCUT2D eigenvalue weighted by Crippen LogP contribution is 2.35. The Morgan fingerprint density at radius 3 is 2.23 bits per heavy atom. The van der Waals surface area contributed by atoms with Crippen molar-refractivity contribution in [1.29, 1.82) is 0 Å². The predicted molar refractivity (Wildman–Crippen MR) is 99.9 cm³/mol. The molecule has 136 valence electrons. The van der Waals surface area contributed by atoms with Crippen molar-refractivity contribution < 1.29 is 19.8 Å². The number of aliphatic carboxylic acids is 2. The molecule has 3 rings (SSSR count). The smallest absolute Gasteiger partial charge is 0.328 e. The van der Waals surface area contributed by atoms with Gasteiger partial charge in [-0.1, -0.05) is 42.5 Å². The van der Waals surface area contributed by atoms with Gasteiger partial charge >= 0.3 is 11.9 Å². The van der Waals surface area contributed by atoms with E-state index in [0.29, 0.717) is 18.1 Å². The SMILES string of the molecule is CN1Cc2c(N)cccc2[C@@H](c2ccccc2)C1.O=C(O)/C=C\C(=O)O. The van der Waals surface area contributed by atoms with Gasteiger partial charge in [0.2, 0.25) is 0 Å². The fraction of sp³-hybridized carbons (Fsp3) is 0.200. The largest absolute Gasteiger partial charge is 0.478 e. The lowest BCUT2D eigenvalue weighted by atomic mass is 9.84. The molecule has 0 aromatic heterocycles. The maximum absolute atomic E-state index is 9.55. The highest BCUT2D eigenvalue weighted by atomic mass is 16.4. The minimum Gasteiger partial charge on any atom is -0.478 e. The van der Waals surface area contributed by atoms with E-state index in [1.807, 2.05) is 6.07 Å². The van der Waals surface area contributed by atoms with Crippen molar-refractivity contribution in [2.45, 2.75) is 12.5 Å². The second kappa shape index (κ2) is 8.82. The minimum absolute atomic E-state index is 0.434. The number of nitrogen functional groups attached to an aromatic ring is 1. The molecule has 0 fully saturated rings. The summed E-state index contributed by atoms with van der Waals surface area (Å²) in [5.41, 5.74) is 11.1. The molecular formula is C20H22N2O4. The lowest BCUT2D eigenvalue weighted by Gasteiger charge is -2.33. The molecule has 0 saturated carbocycles. The molecule has 6 heteroatoms. The van der Waals surface area contributed by atoms with Gasteiger partial charge in [0, 0.05) is 36.8 Å². The first-order valence-corrected chi connectivity index (χ1v) is 8.13. The number of hydrogen-bond acceptors (Lipinski definition) is 4. The van der Waals surface area contributed by atoms with Crippen LogP contribution in [0.3, 0.4) is 0 Å². The van der Waals surface area contributed by atoms with Gasteiger partial charge in [0.15, 0.2) is 0 Å². The average molecular weight is 354 g/mol. The van der Waals surface area contributed by atoms with Crippen LogP contribution in [-0.2, 0) is 16.1 Å². The Labute approximate surface area is 152 Å². The number of carboxylic acids is 2. The predicted octanol–water partition coefficient (Wildman–Crippen LogP) is 2.56. The Bertz CT molecular complexity index is 787. The molecule has 1 atom stereocenters. The first kappa shape index (κ1) is 19.2. The molecule has 0 radical (unpaired) electrons. The molecule has 1 heterocycles. The van der Waals surface area contributed by atoms with E-state index in [-0.39, 0.29) is 0 Å². The number of nitrogens with two attached hydrogens (primary N) is 1. The van der Waals surface area contributed by atoms with Crippen LogP contribution in [-0.4, -0.2) is 40.6 Å². The molecule has 0 aliphatic carbocycles. The maximum atomic E-state index is 9.55. The molecule has 1 aliphatic rings. The molecule has 2 aromatic rings. The van der Waals surface area contributed by atoms with Gasteiger partial charge in [0.05, 0.1) is 0 Å². The molecule has 0 unspecified atom stereocenters. The fourth-order valence-corrected chi connectivity index (χ4v) is 2.99. The molecular weight excluding hydrogens is 332 g/mol. The Morgan fingerprint density at radius 1 is 1.04 bits per heavy atom. The van der Waals surface area contributed by atoms with Crippen LogP contribution < -0.4 is 5.73 Å². The van der Waals surface area contributed by atoms with E-state index < -0.39 is 11.9 Å². The number of anilines is 1. The third kappa shape index (κ3) is 5.19. The maximum Gasteiger partial charge on any atom is 0.328 e. The number of rotatable bonds is 3. The van der Waals surface area contributed by atoms with Gasteiger partial charge in [0.25, 0.3) is 0 Å². The summed E-state index contributed by atoms with van der Waals surface area (Å²) >= 11 is 0. The standard InChI is InChI=1S/C16H18N2.C4H4O4/c1-18-10-14(12-6-3-2-4-7-12)13-8-5-9-16(17)15(13)11-18;5-3(6)1-2-4(7)8/h2-9,14H,10-11,17H2,1H3;1-2H,(H,5,6)(H,7,8)/b;2-1-/t14-;/m1./s1. The zero-order chi connectivity index (χ0) is 19.1. The zero-order valence-electron chi connectivity index (χ0n) is 14.5. The Kier molecular flexibility index (Phi) is 6.52. The molecule has 2 aromatic carbocycles. The normalized spacial score (nSPS) is 16.4. The number of nitrogens with zero attached hydrogens (tertiary/aromatic N) is 1. The highest BCUT2D eigenvalue weighted by Gasteiger charge is 2.25. The van der Waals surface area contributed by atoms with Crippen LogP contribution in [0.1, 0.15) is 22.6 Å². The van der Waals surface area contributed by atoms with E-state index in [1.54, 1.807) is 0 Å². The fourth-order valence-electron chi connectivity index (χ4n) is 2.99. The summed E-state index contributed by atoms with van der Waals surface area (Å²) in [6, 6.07) is 17.0. The van der Waals surface area contributed by atoms with Gasteiger partial charge in [-0.25, -0.2) is 9.59 Å². The van der Waals surface area contributed by atoms with Gasteiger partial charge < -0.3 is 20.8 Å². The van der Waals surface area contributed by atoms with Crippen molar-refractivity contribution in [2.24, 2.45) is 0 Å². The van der Waals surface area contributed by atoms with E-state index in [1.165, 1.54) is 16.7 Å². The highest BCUT2D eigenvalue weighted by molar-refractivity contribution is 5.89. The summed E-state index contributed by atoms with van der Waals surface area (Å²) in [5.74, 6) is -2.08. The summed E-state index contributed by atoms with van der Waals surface area (Å²) in [6.07, 6.45) is 1.12. The van der Waals surface area contributed by atoms with Crippen molar-refractivity contribution in [2.75, 3.05) is 19.3 Å². The number of carbonyl (C=O) groups is 2. The molecule has 0 saturated heterocycles. The lowest BCUT2D eigenvalue weighted by Crippen LogP contribution is -2.31. The molecule has 1 aliphatic heterocycles. The summed E-state index contributed by atoms with van der Waals surface area (Å²) in [5, 5.41) is 15.6. The monoisotopic (exact) mass is 354 g/mol. The summed E-state index contributed by atoms with van der Waals surface area (Å²) < 4.78 is 0. The van der Waals surface area contributed by atoms with E-state index in [0.717, 1.165) is 18.8 Å². The quantitative estimate of drug-likeness (QED) is 0.578.